The average molecular weight is 214 g/mol. The van der Waals surface area contributed by atoms with Gasteiger partial charge in [-0.1, -0.05) is 13.3 Å². The van der Waals surface area contributed by atoms with Crippen LogP contribution in [0.2, 0.25) is 0 Å². The SMILES string of the molecule is CCCCOC1CCC(NC)(C(N)=O)C1. The van der Waals surface area contributed by atoms with Crippen molar-refractivity contribution in [3.05, 3.63) is 0 Å². The Hall–Kier alpha value is -0.610. The Morgan fingerprint density at radius 3 is 2.87 bits per heavy atom. The lowest BCUT2D eigenvalue weighted by atomic mass is 9.97. The van der Waals surface area contributed by atoms with E-state index in [-0.39, 0.29) is 12.0 Å². The molecule has 4 heteroatoms. The van der Waals surface area contributed by atoms with Gasteiger partial charge in [-0.3, -0.25) is 4.79 Å². The summed E-state index contributed by atoms with van der Waals surface area (Å²) in [6.07, 6.45) is 4.84. The minimum Gasteiger partial charge on any atom is -0.378 e. The number of carbonyl (C=O) groups excluding carboxylic acids is 1. The molecule has 0 aromatic rings. The van der Waals surface area contributed by atoms with Crippen LogP contribution in [0, 0.1) is 0 Å². The van der Waals surface area contributed by atoms with E-state index in [0.717, 1.165) is 32.3 Å². The second-order valence-electron chi connectivity index (χ2n) is 4.29. The molecule has 3 N–H and O–H groups in total. The van der Waals surface area contributed by atoms with Gasteiger partial charge in [0.15, 0.2) is 0 Å². The first kappa shape index (κ1) is 12.5. The first-order chi connectivity index (χ1) is 7.14. The van der Waals surface area contributed by atoms with Crippen LogP contribution in [0.3, 0.4) is 0 Å². The second kappa shape index (κ2) is 5.47. The maximum atomic E-state index is 11.3. The van der Waals surface area contributed by atoms with Gasteiger partial charge in [-0.2, -0.15) is 0 Å². The number of hydrogen-bond donors (Lipinski definition) is 2. The van der Waals surface area contributed by atoms with E-state index < -0.39 is 5.54 Å². The number of primary amides is 1. The summed E-state index contributed by atoms with van der Waals surface area (Å²) in [7, 11) is 1.79. The molecule has 1 fully saturated rings. The summed E-state index contributed by atoms with van der Waals surface area (Å²) in [5.74, 6) is -0.258. The fourth-order valence-corrected chi connectivity index (χ4v) is 2.11. The zero-order valence-electron chi connectivity index (χ0n) is 9.71. The topological polar surface area (TPSA) is 64.3 Å². The van der Waals surface area contributed by atoms with Gasteiger partial charge in [0.2, 0.25) is 5.91 Å². The molecule has 0 aliphatic heterocycles. The van der Waals surface area contributed by atoms with E-state index in [1.54, 1.807) is 7.05 Å². The van der Waals surface area contributed by atoms with Gasteiger partial charge in [0.25, 0.3) is 0 Å². The van der Waals surface area contributed by atoms with Gasteiger partial charge in [-0.25, -0.2) is 0 Å². The van der Waals surface area contributed by atoms with Crippen molar-refractivity contribution in [2.45, 2.75) is 50.7 Å². The predicted octanol–water partition coefficient (Wildman–Crippen LogP) is 0.799. The standard InChI is InChI=1S/C11H22N2O2/c1-3-4-7-15-9-5-6-11(8-9,13-2)10(12)14/h9,13H,3-8H2,1-2H3,(H2,12,14). The third-order valence-corrected chi connectivity index (χ3v) is 3.27. The largest absolute Gasteiger partial charge is 0.378 e. The summed E-state index contributed by atoms with van der Waals surface area (Å²) >= 11 is 0. The molecule has 1 amide bonds. The van der Waals surface area contributed by atoms with Crippen molar-refractivity contribution in [1.82, 2.24) is 5.32 Å². The molecule has 0 bridgehead atoms. The lowest BCUT2D eigenvalue weighted by molar-refractivity contribution is -0.124. The lowest BCUT2D eigenvalue weighted by Gasteiger charge is -2.24. The zero-order chi connectivity index (χ0) is 11.3. The van der Waals surface area contributed by atoms with Crippen LogP contribution < -0.4 is 11.1 Å². The van der Waals surface area contributed by atoms with Crippen LogP contribution in [0.25, 0.3) is 0 Å². The minimum absolute atomic E-state index is 0.191. The molecular formula is C11H22N2O2. The van der Waals surface area contributed by atoms with Crippen LogP contribution in [0.15, 0.2) is 0 Å². The Morgan fingerprint density at radius 2 is 2.40 bits per heavy atom. The van der Waals surface area contributed by atoms with E-state index in [9.17, 15) is 4.79 Å². The first-order valence-corrected chi connectivity index (χ1v) is 5.75. The molecule has 88 valence electrons. The summed E-state index contributed by atoms with van der Waals surface area (Å²) < 4.78 is 5.70. The number of ether oxygens (including phenoxy) is 1. The van der Waals surface area contributed by atoms with Crippen molar-refractivity contribution in [2.24, 2.45) is 5.73 Å². The smallest absolute Gasteiger partial charge is 0.237 e. The lowest BCUT2D eigenvalue weighted by Crippen LogP contribution is -2.52. The highest BCUT2D eigenvalue weighted by atomic mass is 16.5. The van der Waals surface area contributed by atoms with Gasteiger partial charge in [0.05, 0.1) is 11.6 Å². The molecule has 1 rings (SSSR count). The fraction of sp³-hybridized carbons (Fsp3) is 0.909. The molecular weight excluding hydrogens is 192 g/mol. The molecule has 0 spiro atoms. The quantitative estimate of drug-likeness (QED) is 0.643. The van der Waals surface area contributed by atoms with Crippen molar-refractivity contribution in [3.63, 3.8) is 0 Å². The van der Waals surface area contributed by atoms with E-state index in [1.165, 1.54) is 0 Å². The van der Waals surface area contributed by atoms with Crippen molar-refractivity contribution in [3.8, 4) is 0 Å². The third kappa shape index (κ3) is 2.92. The number of carbonyl (C=O) groups is 1. The molecule has 0 aromatic heterocycles. The van der Waals surface area contributed by atoms with Gasteiger partial charge < -0.3 is 15.8 Å². The monoisotopic (exact) mass is 214 g/mol. The summed E-state index contributed by atoms with van der Waals surface area (Å²) in [4.78, 5) is 11.3. The van der Waals surface area contributed by atoms with Gasteiger partial charge in [0, 0.05) is 13.0 Å². The van der Waals surface area contributed by atoms with Crippen molar-refractivity contribution >= 4 is 5.91 Å². The van der Waals surface area contributed by atoms with Crippen LogP contribution in [0.4, 0.5) is 0 Å². The van der Waals surface area contributed by atoms with E-state index in [1.807, 2.05) is 0 Å². The molecule has 1 aliphatic carbocycles. The second-order valence-corrected chi connectivity index (χ2v) is 4.29. The molecule has 0 heterocycles. The van der Waals surface area contributed by atoms with Gasteiger partial charge in [0.1, 0.15) is 0 Å². The zero-order valence-corrected chi connectivity index (χ0v) is 9.71. The highest BCUT2D eigenvalue weighted by Crippen LogP contribution is 2.31. The predicted molar refractivity (Wildman–Crippen MR) is 59.5 cm³/mol. The maximum Gasteiger partial charge on any atom is 0.237 e. The van der Waals surface area contributed by atoms with Crippen LogP contribution in [0.5, 0.6) is 0 Å². The van der Waals surface area contributed by atoms with Crippen LogP contribution in [0.1, 0.15) is 39.0 Å². The third-order valence-electron chi connectivity index (χ3n) is 3.27. The Balaban J connectivity index is 2.39. The van der Waals surface area contributed by atoms with Gasteiger partial charge >= 0.3 is 0 Å². The number of rotatable bonds is 6. The molecule has 0 saturated heterocycles. The molecule has 4 nitrogen and oxygen atoms in total. The highest BCUT2D eigenvalue weighted by molar-refractivity contribution is 5.85. The van der Waals surface area contributed by atoms with Crippen LogP contribution in [-0.2, 0) is 9.53 Å². The van der Waals surface area contributed by atoms with E-state index in [0.29, 0.717) is 6.42 Å². The normalized spacial score (nSPS) is 30.7. The van der Waals surface area contributed by atoms with E-state index in [4.69, 9.17) is 10.5 Å². The van der Waals surface area contributed by atoms with Crippen LogP contribution >= 0.6 is 0 Å². The maximum absolute atomic E-state index is 11.3. The van der Waals surface area contributed by atoms with Crippen molar-refractivity contribution in [1.29, 1.82) is 0 Å². The van der Waals surface area contributed by atoms with E-state index >= 15 is 0 Å². The summed E-state index contributed by atoms with van der Waals surface area (Å²) in [6, 6.07) is 0. The Bertz CT molecular complexity index is 221. The molecule has 15 heavy (non-hydrogen) atoms. The molecule has 2 unspecified atom stereocenters. The average Bonchev–Trinajstić information content (AvgIpc) is 2.63. The molecule has 2 atom stereocenters. The molecule has 1 saturated carbocycles. The Morgan fingerprint density at radius 1 is 1.67 bits per heavy atom. The number of unbranched alkanes of at least 4 members (excludes halogenated alkanes) is 1. The first-order valence-electron chi connectivity index (χ1n) is 5.75. The van der Waals surface area contributed by atoms with Gasteiger partial charge in [-0.05, 0) is 26.3 Å². The molecule has 0 aromatic carbocycles. The number of likely N-dealkylation sites (N-methyl/N-ethyl adjacent to an activating group) is 1. The Kier molecular flexibility index (Phi) is 4.54. The minimum atomic E-state index is -0.531. The number of amides is 1. The summed E-state index contributed by atoms with van der Waals surface area (Å²) in [5.41, 5.74) is 4.87. The number of nitrogens with one attached hydrogen (secondary N) is 1. The number of nitrogens with two attached hydrogens (primary N) is 1. The van der Waals surface area contributed by atoms with Crippen molar-refractivity contribution < 1.29 is 9.53 Å². The fourth-order valence-electron chi connectivity index (χ4n) is 2.11. The number of hydrogen-bond acceptors (Lipinski definition) is 3. The van der Waals surface area contributed by atoms with E-state index in [2.05, 4.69) is 12.2 Å². The molecule has 1 aliphatic rings. The van der Waals surface area contributed by atoms with Crippen molar-refractivity contribution in [2.75, 3.05) is 13.7 Å². The highest BCUT2D eigenvalue weighted by Gasteiger charge is 2.43. The van der Waals surface area contributed by atoms with Crippen LogP contribution in [-0.4, -0.2) is 31.2 Å². The Labute approximate surface area is 91.5 Å². The summed E-state index contributed by atoms with van der Waals surface area (Å²) in [6.45, 7) is 2.93. The molecule has 0 radical (unpaired) electrons. The van der Waals surface area contributed by atoms with Gasteiger partial charge in [-0.15, -0.1) is 0 Å². The summed E-state index contributed by atoms with van der Waals surface area (Å²) in [5, 5.41) is 3.04.